The van der Waals surface area contributed by atoms with Gasteiger partial charge in [-0.3, -0.25) is 0 Å². The van der Waals surface area contributed by atoms with E-state index < -0.39 is 0 Å². The van der Waals surface area contributed by atoms with Gasteiger partial charge in [0.05, 0.1) is 0 Å². The average Bonchev–Trinajstić information content (AvgIpc) is 3.21. The Morgan fingerprint density at radius 3 is 2.40 bits per heavy atom. The quantitative estimate of drug-likeness (QED) is 0.0804. The SMILES string of the molecule is CCCCCC=CC=CC(=O)OC1CCC2(C)C3=C(CCC2C1(C)C)C1(C)CCC(C(C)CCC=C(C)C)C1(C)CC3. The van der Waals surface area contributed by atoms with Crippen molar-refractivity contribution in [3.8, 4) is 0 Å². The number of carbonyl (C=O) groups excluding carboxylic acids is 1. The predicted molar refractivity (Wildman–Crippen MR) is 179 cm³/mol. The molecule has 0 aromatic heterocycles. The van der Waals surface area contributed by atoms with Crippen LogP contribution in [0.5, 0.6) is 0 Å². The van der Waals surface area contributed by atoms with Crippen molar-refractivity contribution in [2.75, 3.05) is 0 Å². The summed E-state index contributed by atoms with van der Waals surface area (Å²) in [5, 5.41) is 0. The molecule has 0 aliphatic heterocycles. The smallest absolute Gasteiger partial charge is 0.331 e. The van der Waals surface area contributed by atoms with Gasteiger partial charge in [-0.05, 0) is 125 Å². The fourth-order valence-corrected chi connectivity index (χ4v) is 10.7. The van der Waals surface area contributed by atoms with Crippen LogP contribution in [0.4, 0.5) is 0 Å². The van der Waals surface area contributed by atoms with Crippen LogP contribution >= 0.6 is 0 Å². The number of ether oxygens (including phenoxy) is 1. The van der Waals surface area contributed by atoms with Crippen molar-refractivity contribution in [2.45, 2.75) is 158 Å². The third kappa shape index (κ3) is 6.17. The van der Waals surface area contributed by atoms with Crippen LogP contribution in [-0.4, -0.2) is 12.1 Å². The summed E-state index contributed by atoms with van der Waals surface area (Å²) in [6.45, 7) is 22.0. The molecule has 7 unspecified atom stereocenters. The van der Waals surface area contributed by atoms with E-state index in [2.05, 4.69) is 74.5 Å². The van der Waals surface area contributed by atoms with E-state index >= 15 is 0 Å². The molecule has 0 spiro atoms. The number of rotatable bonds is 11. The molecule has 4 rings (SSSR count). The summed E-state index contributed by atoms with van der Waals surface area (Å²) in [6, 6.07) is 0. The third-order valence-electron chi connectivity index (χ3n) is 13.3. The van der Waals surface area contributed by atoms with Crippen molar-refractivity contribution < 1.29 is 9.53 Å². The molecule has 42 heavy (non-hydrogen) atoms. The number of allylic oxidation sites excluding steroid dienone is 7. The zero-order chi connectivity index (χ0) is 30.8. The van der Waals surface area contributed by atoms with Gasteiger partial charge in [0, 0.05) is 11.5 Å². The molecule has 2 fully saturated rings. The van der Waals surface area contributed by atoms with E-state index in [-0.39, 0.29) is 22.9 Å². The lowest BCUT2D eigenvalue weighted by Crippen LogP contribution is -2.55. The van der Waals surface area contributed by atoms with Crippen molar-refractivity contribution in [1.29, 1.82) is 0 Å². The van der Waals surface area contributed by atoms with Crippen molar-refractivity contribution in [2.24, 2.45) is 39.4 Å². The minimum absolute atomic E-state index is 0.00892. The van der Waals surface area contributed by atoms with E-state index in [1.54, 1.807) is 6.08 Å². The topological polar surface area (TPSA) is 26.3 Å². The molecule has 0 heterocycles. The molecule has 236 valence electrons. The average molecular weight is 577 g/mol. The van der Waals surface area contributed by atoms with Crippen LogP contribution in [0.3, 0.4) is 0 Å². The number of hydrogen-bond acceptors (Lipinski definition) is 2. The van der Waals surface area contributed by atoms with E-state index in [1.807, 2.05) is 23.3 Å². The summed E-state index contributed by atoms with van der Waals surface area (Å²) < 4.78 is 6.19. The van der Waals surface area contributed by atoms with E-state index in [4.69, 9.17) is 4.74 Å². The van der Waals surface area contributed by atoms with Gasteiger partial charge < -0.3 is 4.74 Å². The second kappa shape index (κ2) is 13.2. The van der Waals surface area contributed by atoms with Gasteiger partial charge in [0.1, 0.15) is 6.10 Å². The zero-order valence-electron chi connectivity index (χ0n) is 28.9. The maximum Gasteiger partial charge on any atom is 0.331 e. The zero-order valence-corrected chi connectivity index (χ0v) is 28.9. The highest BCUT2D eigenvalue weighted by Crippen LogP contribution is 2.72. The molecule has 7 atom stereocenters. The van der Waals surface area contributed by atoms with Gasteiger partial charge >= 0.3 is 5.97 Å². The predicted octanol–water partition coefficient (Wildman–Crippen LogP) is 11.7. The molecule has 0 aromatic carbocycles. The van der Waals surface area contributed by atoms with Gasteiger partial charge in [-0.2, -0.15) is 0 Å². The normalized spacial score (nSPS) is 36.5. The molecule has 0 amide bonds. The Morgan fingerprint density at radius 2 is 1.69 bits per heavy atom. The molecule has 4 aliphatic rings. The van der Waals surface area contributed by atoms with Gasteiger partial charge in [-0.1, -0.05) is 102 Å². The maximum atomic E-state index is 12.8. The summed E-state index contributed by atoms with van der Waals surface area (Å²) in [7, 11) is 0. The summed E-state index contributed by atoms with van der Waals surface area (Å²) in [5.74, 6) is 2.00. The molecule has 2 heteroatoms. The van der Waals surface area contributed by atoms with Crippen LogP contribution in [0, 0.1) is 39.4 Å². The molecule has 2 nitrogen and oxygen atoms in total. The minimum Gasteiger partial charge on any atom is -0.459 e. The van der Waals surface area contributed by atoms with E-state index in [0.717, 1.165) is 31.1 Å². The number of hydrogen-bond donors (Lipinski definition) is 0. The third-order valence-corrected chi connectivity index (χ3v) is 13.3. The Labute approximate surface area is 259 Å². The number of fused-ring (bicyclic) bond motifs is 4. The van der Waals surface area contributed by atoms with Gasteiger partial charge in [0.15, 0.2) is 0 Å². The Morgan fingerprint density at radius 1 is 0.929 bits per heavy atom. The van der Waals surface area contributed by atoms with Crippen LogP contribution in [-0.2, 0) is 9.53 Å². The Bertz CT molecular complexity index is 1080. The van der Waals surface area contributed by atoms with Crippen LogP contribution in [0.1, 0.15) is 152 Å². The highest BCUT2D eigenvalue weighted by Gasteiger charge is 2.63. The van der Waals surface area contributed by atoms with Crippen molar-refractivity contribution in [3.05, 3.63) is 47.1 Å². The lowest BCUT2D eigenvalue weighted by molar-refractivity contribution is -0.164. The molecule has 4 aliphatic carbocycles. The fourth-order valence-electron chi connectivity index (χ4n) is 10.7. The van der Waals surface area contributed by atoms with Gasteiger partial charge in [0.2, 0.25) is 0 Å². The second-order valence-corrected chi connectivity index (χ2v) is 16.3. The van der Waals surface area contributed by atoms with Crippen LogP contribution in [0.2, 0.25) is 0 Å². The number of carbonyl (C=O) groups is 1. The summed E-state index contributed by atoms with van der Waals surface area (Å²) >= 11 is 0. The fraction of sp³-hybridized carbons (Fsp3) is 0.775. The van der Waals surface area contributed by atoms with Gasteiger partial charge in [0.25, 0.3) is 0 Å². The summed E-state index contributed by atoms with van der Waals surface area (Å²) in [6.07, 6.45) is 27.4. The van der Waals surface area contributed by atoms with E-state index in [1.165, 1.54) is 76.2 Å². The van der Waals surface area contributed by atoms with Gasteiger partial charge in [-0.15, -0.1) is 0 Å². The first-order valence-electron chi connectivity index (χ1n) is 17.7. The second-order valence-electron chi connectivity index (χ2n) is 16.3. The molecule has 2 saturated carbocycles. The lowest BCUT2D eigenvalue weighted by atomic mass is 9.43. The first-order chi connectivity index (χ1) is 19.8. The first-order valence-corrected chi connectivity index (χ1v) is 17.7. The highest BCUT2D eigenvalue weighted by molar-refractivity contribution is 5.82. The lowest BCUT2D eigenvalue weighted by Gasteiger charge is -2.62. The summed E-state index contributed by atoms with van der Waals surface area (Å²) in [5.41, 5.74) is 6.09. The first kappa shape index (κ1) is 33.3. The Kier molecular flexibility index (Phi) is 10.5. The molecule has 0 bridgehead atoms. The monoisotopic (exact) mass is 576 g/mol. The standard InChI is InChI=1S/C40H64O2/c1-10-11-12-13-14-15-16-20-36(41)42-35-25-26-38(7)32-24-28-39(8)31(30(4)19-17-18-29(2)3)23-27-40(39,9)33(32)21-22-34(38)37(35,5)6/h14-16,18,20,30-31,34-35H,10-13,17,19,21-28H2,1-9H3. The number of unbranched alkanes of at least 4 members (excludes halogenated alkanes) is 3. The largest absolute Gasteiger partial charge is 0.459 e. The molecule has 0 aromatic rings. The molecule has 0 radical (unpaired) electrons. The van der Waals surface area contributed by atoms with Crippen molar-refractivity contribution in [1.82, 2.24) is 0 Å². The van der Waals surface area contributed by atoms with Crippen LogP contribution in [0.15, 0.2) is 47.1 Å². The molecular weight excluding hydrogens is 512 g/mol. The highest BCUT2D eigenvalue weighted by atomic mass is 16.5. The maximum absolute atomic E-state index is 12.8. The van der Waals surface area contributed by atoms with Crippen molar-refractivity contribution >= 4 is 5.97 Å². The molecule has 0 saturated heterocycles. The van der Waals surface area contributed by atoms with E-state index in [0.29, 0.717) is 16.7 Å². The summed E-state index contributed by atoms with van der Waals surface area (Å²) in [4.78, 5) is 12.8. The van der Waals surface area contributed by atoms with Crippen LogP contribution in [0.25, 0.3) is 0 Å². The Hall–Kier alpha value is -1.57. The van der Waals surface area contributed by atoms with Crippen molar-refractivity contribution in [3.63, 3.8) is 0 Å². The molecular formula is C40H64O2. The molecule has 0 N–H and O–H groups in total. The van der Waals surface area contributed by atoms with E-state index in [9.17, 15) is 4.79 Å². The Balaban J connectivity index is 1.47. The van der Waals surface area contributed by atoms with Gasteiger partial charge in [-0.25, -0.2) is 4.79 Å². The minimum atomic E-state index is -0.178. The van der Waals surface area contributed by atoms with Crippen LogP contribution < -0.4 is 0 Å². The number of esters is 1.